The summed E-state index contributed by atoms with van der Waals surface area (Å²) < 4.78 is 40.7. The van der Waals surface area contributed by atoms with Gasteiger partial charge >= 0.3 is 0 Å². The Hall–Kier alpha value is -1.02. The maximum Gasteiger partial charge on any atom is 0.264 e. The van der Waals surface area contributed by atoms with Gasteiger partial charge in [-0.25, -0.2) is 12.8 Å². The summed E-state index contributed by atoms with van der Waals surface area (Å²) in [5, 5.41) is 0.443. The summed E-state index contributed by atoms with van der Waals surface area (Å²) in [5.41, 5.74) is 5.76. The van der Waals surface area contributed by atoms with Crippen LogP contribution in [0.15, 0.2) is 39.7 Å². The van der Waals surface area contributed by atoms with Gasteiger partial charge in [0.2, 0.25) is 0 Å². The number of halogens is 4. The molecule has 112 valence electrons. The molecule has 21 heavy (non-hydrogen) atoms. The van der Waals surface area contributed by atoms with Gasteiger partial charge in [0.05, 0.1) is 10.7 Å². The summed E-state index contributed by atoms with van der Waals surface area (Å²) in [6.07, 6.45) is 0. The van der Waals surface area contributed by atoms with E-state index in [9.17, 15) is 12.8 Å². The number of anilines is 2. The van der Waals surface area contributed by atoms with Gasteiger partial charge in [0.25, 0.3) is 10.0 Å². The molecule has 0 atom stereocenters. The molecule has 0 saturated heterocycles. The molecule has 0 bridgehead atoms. The average Bonchev–Trinajstić information content (AvgIpc) is 2.37. The van der Waals surface area contributed by atoms with E-state index in [2.05, 4.69) is 20.7 Å². The number of nitrogens with one attached hydrogen (secondary N) is 1. The van der Waals surface area contributed by atoms with Crippen LogP contribution in [0, 0.1) is 5.82 Å². The fourth-order valence-electron chi connectivity index (χ4n) is 1.52. The molecule has 0 spiro atoms. The number of rotatable bonds is 3. The minimum atomic E-state index is -4.17. The number of hydrogen-bond acceptors (Lipinski definition) is 3. The number of nitrogen functional groups attached to an aromatic ring is 1. The van der Waals surface area contributed by atoms with Crippen molar-refractivity contribution in [1.29, 1.82) is 0 Å². The molecular weight excluding hydrogens is 406 g/mol. The summed E-state index contributed by atoms with van der Waals surface area (Å²) in [6.45, 7) is 0. The van der Waals surface area contributed by atoms with E-state index in [1.165, 1.54) is 18.2 Å². The quantitative estimate of drug-likeness (QED) is 0.737. The molecule has 0 heterocycles. The molecule has 2 rings (SSSR count). The lowest BCUT2D eigenvalue weighted by Gasteiger charge is -2.11. The normalized spacial score (nSPS) is 11.4. The molecule has 0 aliphatic rings. The molecule has 0 aliphatic heterocycles. The molecule has 3 N–H and O–H groups in total. The van der Waals surface area contributed by atoms with Crippen LogP contribution in [0.5, 0.6) is 0 Å². The molecule has 0 amide bonds. The van der Waals surface area contributed by atoms with Crippen LogP contribution in [0.1, 0.15) is 0 Å². The smallest absolute Gasteiger partial charge is 0.264 e. The number of nitrogens with two attached hydrogens (primary N) is 1. The summed E-state index contributed by atoms with van der Waals surface area (Å²) in [4.78, 5) is -0.575. The molecule has 2 aromatic rings. The van der Waals surface area contributed by atoms with Crippen LogP contribution >= 0.6 is 39.1 Å². The van der Waals surface area contributed by atoms with E-state index in [0.717, 1.165) is 12.1 Å². The van der Waals surface area contributed by atoms with Crippen LogP contribution in [0.25, 0.3) is 0 Å². The van der Waals surface area contributed by atoms with Gasteiger partial charge in [-0.1, -0.05) is 23.2 Å². The highest BCUT2D eigenvalue weighted by molar-refractivity contribution is 9.10. The van der Waals surface area contributed by atoms with Crippen LogP contribution < -0.4 is 10.5 Å². The van der Waals surface area contributed by atoms with Crippen LogP contribution in [-0.4, -0.2) is 8.42 Å². The largest absolute Gasteiger partial charge is 0.398 e. The Morgan fingerprint density at radius 3 is 2.48 bits per heavy atom. The molecule has 0 saturated carbocycles. The monoisotopic (exact) mass is 412 g/mol. The Labute approximate surface area is 139 Å². The highest BCUT2D eigenvalue weighted by Crippen LogP contribution is 2.30. The standard InChI is InChI=1S/C12H8BrCl2FN2O2S/c13-7-4-9(16)12(5-10(7)17)21(19,20)18-11-2-1-6(14)3-8(11)15/h1-5,18H,17H2. The summed E-state index contributed by atoms with van der Waals surface area (Å²) in [7, 11) is -4.17. The molecule has 0 aromatic heterocycles. The van der Waals surface area contributed by atoms with E-state index < -0.39 is 20.7 Å². The fourth-order valence-corrected chi connectivity index (χ4v) is 3.53. The second kappa shape index (κ2) is 6.00. The van der Waals surface area contributed by atoms with E-state index in [0.29, 0.717) is 5.02 Å². The van der Waals surface area contributed by atoms with Gasteiger partial charge in [-0.3, -0.25) is 4.72 Å². The zero-order valence-corrected chi connectivity index (χ0v) is 14.1. The van der Waals surface area contributed by atoms with E-state index >= 15 is 0 Å². The predicted molar refractivity (Wildman–Crippen MR) is 85.8 cm³/mol. The van der Waals surface area contributed by atoms with Crippen molar-refractivity contribution < 1.29 is 12.8 Å². The highest BCUT2D eigenvalue weighted by Gasteiger charge is 2.21. The fraction of sp³-hybridized carbons (Fsp3) is 0. The Bertz CT molecular complexity index is 815. The van der Waals surface area contributed by atoms with Gasteiger partial charge in [0, 0.05) is 15.2 Å². The van der Waals surface area contributed by atoms with Crippen molar-refractivity contribution in [1.82, 2.24) is 0 Å². The molecule has 0 fully saturated rings. The Morgan fingerprint density at radius 2 is 1.86 bits per heavy atom. The first-order valence-corrected chi connectivity index (χ1v) is 8.46. The third-order valence-corrected chi connectivity index (χ3v) is 5.13. The van der Waals surface area contributed by atoms with Crippen LogP contribution in [0.2, 0.25) is 10.0 Å². The van der Waals surface area contributed by atoms with E-state index in [1.807, 2.05) is 0 Å². The second-order valence-corrected chi connectivity index (χ2v) is 7.38. The zero-order chi connectivity index (χ0) is 15.8. The third kappa shape index (κ3) is 3.60. The molecule has 0 unspecified atom stereocenters. The van der Waals surface area contributed by atoms with Crippen LogP contribution in [-0.2, 0) is 10.0 Å². The van der Waals surface area contributed by atoms with Crippen molar-refractivity contribution in [3.05, 3.63) is 50.7 Å². The van der Waals surface area contributed by atoms with Crippen molar-refractivity contribution in [3.8, 4) is 0 Å². The predicted octanol–water partition coefficient (Wildman–Crippen LogP) is 4.28. The van der Waals surface area contributed by atoms with E-state index in [-0.39, 0.29) is 20.9 Å². The molecule has 0 radical (unpaired) electrons. The molecule has 2 aromatic carbocycles. The van der Waals surface area contributed by atoms with E-state index in [4.69, 9.17) is 28.9 Å². The lowest BCUT2D eigenvalue weighted by molar-refractivity contribution is 0.570. The van der Waals surface area contributed by atoms with Crippen molar-refractivity contribution in [2.45, 2.75) is 4.90 Å². The Morgan fingerprint density at radius 1 is 1.19 bits per heavy atom. The van der Waals surface area contributed by atoms with Gasteiger partial charge in [-0.05, 0) is 46.3 Å². The number of sulfonamides is 1. The van der Waals surface area contributed by atoms with Crippen molar-refractivity contribution in [2.75, 3.05) is 10.5 Å². The SMILES string of the molecule is Nc1cc(S(=O)(=O)Nc2ccc(Cl)cc2Cl)c(F)cc1Br. The van der Waals surface area contributed by atoms with E-state index in [1.54, 1.807) is 0 Å². The van der Waals surface area contributed by atoms with Gasteiger partial charge in [0.1, 0.15) is 10.7 Å². The molecular formula is C12H8BrCl2FN2O2S. The summed E-state index contributed by atoms with van der Waals surface area (Å²) in [6, 6.07) is 6.20. The first-order chi connectivity index (χ1) is 9.70. The average molecular weight is 414 g/mol. The first-order valence-electron chi connectivity index (χ1n) is 5.43. The Kier molecular flexibility index (Phi) is 4.67. The minimum Gasteiger partial charge on any atom is -0.398 e. The Balaban J connectivity index is 2.46. The topological polar surface area (TPSA) is 72.2 Å². The lowest BCUT2D eigenvalue weighted by atomic mass is 10.3. The van der Waals surface area contributed by atoms with Gasteiger partial charge < -0.3 is 5.73 Å². The maximum absolute atomic E-state index is 13.8. The van der Waals surface area contributed by atoms with Crippen molar-refractivity contribution >= 4 is 60.5 Å². The van der Waals surface area contributed by atoms with Gasteiger partial charge in [-0.15, -0.1) is 0 Å². The number of hydrogen-bond donors (Lipinski definition) is 2. The van der Waals surface area contributed by atoms with Crippen molar-refractivity contribution in [3.63, 3.8) is 0 Å². The van der Waals surface area contributed by atoms with Gasteiger partial charge in [0.15, 0.2) is 0 Å². The molecule has 4 nitrogen and oxygen atoms in total. The first kappa shape index (κ1) is 16.4. The van der Waals surface area contributed by atoms with Crippen molar-refractivity contribution in [2.24, 2.45) is 0 Å². The summed E-state index contributed by atoms with van der Waals surface area (Å²) >= 11 is 14.6. The van der Waals surface area contributed by atoms with Crippen LogP contribution in [0.3, 0.4) is 0 Å². The molecule has 9 heteroatoms. The second-order valence-electron chi connectivity index (χ2n) is 4.03. The van der Waals surface area contributed by atoms with Gasteiger partial charge in [-0.2, -0.15) is 0 Å². The minimum absolute atomic E-state index is 0.0851. The maximum atomic E-state index is 13.8. The highest BCUT2D eigenvalue weighted by atomic mass is 79.9. The molecule has 0 aliphatic carbocycles. The summed E-state index contributed by atoms with van der Waals surface area (Å²) in [5.74, 6) is -0.936. The van der Waals surface area contributed by atoms with Crippen LogP contribution in [0.4, 0.5) is 15.8 Å². The zero-order valence-electron chi connectivity index (χ0n) is 10.2. The lowest BCUT2D eigenvalue weighted by Crippen LogP contribution is -2.15. The number of benzene rings is 2. The third-order valence-electron chi connectivity index (χ3n) is 2.52.